The van der Waals surface area contributed by atoms with E-state index in [1.54, 1.807) is 32.2 Å². The van der Waals surface area contributed by atoms with E-state index in [1.165, 1.54) is 4.31 Å². The van der Waals surface area contributed by atoms with E-state index in [-0.39, 0.29) is 0 Å². The van der Waals surface area contributed by atoms with Gasteiger partial charge >= 0.3 is 0 Å². The molecule has 2 N–H and O–H groups in total. The number of hydrogen-bond acceptors (Lipinski definition) is 3. The van der Waals surface area contributed by atoms with E-state index >= 15 is 0 Å². The highest BCUT2D eigenvalue weighted by Crippen LogP contribution is 2.26. The maximum Gasteiger partial charge on any atom is 0.279 e. The third-order valence-electron chi connectivity index (χ3n) is 3.06. The summed E-state index contributed by atoms with van der Waals surface area (Å²) >= 11 is 11.9. The van der Waals surface area contributed by atoms with E-state index in [1.807, 2.05) is 7.05 Å². The van der Waals surface area contributed by atoms with Gasteiger partial charge in [0.25, 0.3) is 10.2 Å². The Balaban J connectivity index is 2.73. The van der Waals surface area contributed by atoms with Crippen molar-refractivity contribution in [3.63, 3.8) is 0 Å². The summed E-state index contributed by atoms with van der Waals surface area (Å²) in [4.78, 5) is 0. The van der Waals surface area contributed by atoms with Crippen LogP contribution in [0.4, 0.5) is 0 Å². The monoisotopic (exact) mass is 353 g/mol. The predicted octanol–water partition coefficient (Wildman–Crippen LogP) is 2.43. The van der Waals surface area contributed by atoms with Crippen LogP contribution < -0.4 is 10.0 Å². The van der Waals surface area contributed by atoms with Gasteiger partial charge in [-0.1, -0.05) is 29.3 Å². The first kappa shape index (κ1) is 18.7. The first-order chi connectivity index (χ1) is 9.77. The Morgan fingerprint density at radius 2 is 2.00 bits per heavy atom. The van der Waals surface area contributed by atoms with Crippen molar-refractivity contribution < 1.29 is 8.42 Å². The fourth-order valence-corrected chi connectivity index (χ4v) is 3.52. The molecular weight excluding hydrogens is 333 g/mol. The number of halogens is 2. The Hall–Kier alpha value is -0.370. The van der Waals surface area contributed by atoms with Gasteiger partial charge in [-0.25, -0.2) is 0 Å². The summed E-state index contributed by atoms with van der Waals surface area (Å²) in [7, 11) is -0.171. The van der Waals surface area contributed by atoms with Gasteiger partial charge < -0.3 is 5.32 Å². The molecular formula is C13H21Cl2N3O2S. The molecule has 0 radical (unpaired) electrons. The van der Waals surface area contributed by atoms with Crippen LogP contribution in [0.1, 0.15) is 24.9 Å². The molecule has 0 aliphatic carbocycles. The minimum atomic E-state index is -3.55. The molecule has 0 bridgehead atoms. The Morgan fingerprint density at radius 3 is 2.57 bits per heavy atom. The predicted molar refractivity (Wildman–Crippen MR) is 88.1 cm³/mol. The second-order valence-corrected chi connectivity index (χ2v) is 7.44. The van der Waals surface area contributed by atoms with Crippen molar-refractivity contribution in [1.29, 1.82) is 0 Å². The molecule has 0 heterocycles. The summed E-state index contributed by atoms with van der Waals surface area (Å²) in [6, 6.07) is 4.56. The van der Waals surface area contributed by atoms with E-state index in [0.717, 1.165) is 13.0 Å². The van der Waals surface area contributed by atoms with Crippen molar-refractivity contribution in [3.05, 3.63) is 33.8 Å². The Kier molecular flexibility index (Phi) is 7.39. The standard InChI is InChI=1S/C13H21Cl2N3O2S/c1-10(12-6-5-11(14)9-13(12)15)17-21(19,20)18(3)8-4-7-16-2/h5-6,9-10,16-17H,4,7-8H2,1-3H3. The highest BCUT2D eigenvalue weighted by Gasteiger charge is 2.21. The number of nitrogens with zero attached hydrogens (tertiary/aromatic N) is 1. The smallest absolute Gasteiger partial charge is 0.279 e. The second-order valence-electron chi connectivity index (χ2n) is 4.79. The number of hydrogen-bond donors (Lipinski definition) is 2. The summed E-state index contributed by atoms with van der Waals surface area (Å²) in [6.45, 7) is 2.95. The number of benzene rings is 1. The van der Waals surface area contributed by atoms with Crippen LogP contribution in [0.5, 0.6) is 0 Å². The van der Waals surface area contributed by atoms with Gasteiger partial charge in [-0.05, 0) is 44.6 Å². The van der Waals surface area contributed by atoms with Crippen LogP contribution in [0.3, 0.4) is 0 Å². The summed E-state index contributed by atoms with van der Waals surface area (Å²) in [5.74, 6) is 0. The lowest BCUT2D eigenvalue weighted by Crippen LogP contribution is -2.40. The summed E-state index contributed by atoms with van der Waals surface area (Å²) in [5, 5.41) is 3.94. The molecule has 0 saturated heterocycles. The first-order valence-corrected chi connectivity index (χ1v) is 8.80. The minimum Gasteiger partial charge on any atom is -0.320 e. The average Bonchev–Trinajstić information content (AvgIpc) is 2.37. The van der Waals surface area contributed by atoms with Crippen LogP contribution in [-0.4, -0.2) is 39.9 Å². The molecule has 0 aliphatic rings. The topological polar surface area (TPSA) is 61.4 Å². The van der Waals surface area contributed by atoms with Crippen LogP contribution in [0.2, 0.25) is 10.0 Å². The van der Waals surface area contributed by atoms with Crippen LogP contribution in [-0.2, 0) is 10.2 Å². The van der Waals surface area contributed by atoms with Gasteiger partial charge in [-0.2, -0.15) is 17.4 Å². The van der Waals surface area contributed by atoms with Gasteiger partial charge in [0, 0.05) is 29.7 Å². The van der Waals surface area contributed by atoms with Crippen molar-refractivity contribution in [2.24, 2.45) is 0 Å². The molecule has 1 aromatic rings. The Morgan fingerprint density at radius 1 is 1.33 bits per heavy atom. The van der Waals surface area contributed by atoms with Crippen molar-refractivity contribution in [2.45, 2.75) is 19.4 Å². The Labute approximate surface area is 136 Å². The molecule has 1 rings (SSSR count). The first-order valence-electron chi connectivity index (χ1n) is 6.61. The molecule has 21 heavy (non-hydrogen) atoms. The van der Waals surface area contributed by atoms with Gasteiger partial charge in [0.05, 0.1) is 0 Å². The summed E-state index contributed by atoms with van der Waals surface area (Å²) < 4.78 is 28.3. The van der Waals surface area contributed by atoms with Crippen LogP contribution in [0, 0.1) is 0 Å². The van der Waals surface area contributed by atoms with Gasteiger partial charge in [0.1, 0.15) is 0 Å². The second kappa shape index (κ2) is 8.31. The maximum atomic E-state index is 12.2. The van der Waals surface area contributed by atoms with Crippen LogP contribution >= 0.6 is 23.2 Å². The zero-order valence-electron chi connectivity index (χ0n) is 12.4. The third kappa shape index (κ3) is 5.73. The summed E-state index contributed by atoms with van der Waals surface area (Å²) in [6.07, 6.45) is 0.740. The molecule has 0 aliphatic heterocycles. The highest BCUT2D eigenvalue weighted by atomic mass is 35.5. The van der Waals surface area contributed by atoms with Crippen molar-refractivity contribution in [1.82, 2.24) is 14.3 Å². The van der Waals surface area contributed by atoms with Crippen molar-refractivity contribution in [2.75, 3.05) is 27.2 Å². The Bertz CT molecular complexity index is 567. The lowest BCUT2D eigenvalue weighted by atomic mass is 10.1. The largest absolute Gasteiger partial charge is 0.320 e. The molecule has 0 saturated carbocycles. The lowest BCUT2D eigenvalue weighted by molar-refractivity contribution is 0.441. The van der Waals surface area contributed by atoms with Crippen LogP contribution in [0.25, 0.3) is 0 Å². The molecule has 0 amide bonds. The van der Waals surface area contributed by atoms with E-state index in [9.17, 15) is 8.42 Å². The number of nitrogens with one attached hydrogen (secondary N) is 2. The molecule has 0 aromatic heterocycles. The lowest BCUT2D eigenvalue weighted by Gasteiger charge is -2.22. The average molecular weight is 354 g/mol. The normalized spacial score (nSPS) is 13.6. The quantitative estimate of drug-likeness (QED) is 0.705. The molecule has 0 spiro atoms. The molecule has 1 atom stereocenters. The van der Waals surface area contributed by atoms with E-state index < -0.39 is 16.3 Å². The minimum absolute atomic E-state index is 0.438. The zero-order chi connectivity index (χ0) is 16.0. The van der Waals surface area contributed by atoms with Gasteiger partial charge in [-0.15, -0.1) is 0 Å². The SMILES string of the molecule is CNCCCN(C)S(=O)(=O)NC(C)c1ccc(Cl)cc1Cl. The van der Waals surface area contributed by atoms with Crippen molar-refractivity contribution >= 4 is 33.4 Å². The van der Waals surface area contributed by atoms with Crippen LogP contribution in [0.15, 0.2) is 18.2 Å². The molecule has 1 unspecified atom stereocenters. The fourth-order valence-electron chi connectivity index (χ4n) is 1.83. The van der Waals surface area contributed by atoms with Gasteiger partial charge in [0.2, 0.25) is 0 Å². The molecule has 5 nitrogen and oxygen atoms in total. The third-order valence-corrected chi connectivity index (χ3v) is 5.28. The van der Waals surface area contributed by atoms with Gasteiger partial charge in [0.15, 0.2) is 0 Å². The highest BCUT2D eigenvalue weighted by molar-refractivity contribution is 7.87. The van der Waals surface area contributed by atoms with E-state index in [2.05, 4.69) is 10.0 Å². The maximum absolute atomic E-state index is 12.2. The van der Waals surface area contributed by atoms with Gasteiger partial charge in [-0.3, -0.25) is 0 Å². The van der Waals surface area contributed by atoms with Crippen molar-refractivity contribution in [3.8, 4) is 0 Å². The molecule has 8 heteroatoms. The van der Waals surface area contributed by atoms with E-state index in [0.29, 0.717) is 22.2 Å². The zero-order valence-corrected chi connectivity index (χ0v) is 14.7. The molecule has 0 fully saturated rings. The number of rotatable bonds is 8. The fraction of sp³-hybridized carbons (Fsp3) is 0.538. The molecule has 1 aromatic carbocycles. The van der Waals surface area contributed by atoms with E-state index in [4.69, 9.17) is 23.2 Å². The summed E-state index contributed by atoms with van der Waals surface area (Å²) in [5.41, 5.74) is 0.688. The molecule has 120 valence electrons.